The third-order valence-corrected chi connectivity index (χ3v) is 3.04. The molecule has 4 nitrogen and oxygen atoms in total. The molecule has 1 aromatic rings. The Morgan fingerprint density at radius 2 is 2.24 bits per heavy atom. The molecule has 0 radical (unpaired) electrons. The Morgan fingerprint density at radius 3 is 2.82 bits per heavy atom. The minimum Gasteiger partial charge on any atom is -0.337 e. The first kappa shape index (κ1) is 12.2. The standard InChI is InChI=1S/C12H19FN4/c1-2-6-17(11-4-3-5-14-9-11)12-15-7-10(13)8-16-12/h7-8,11,14H,2-6,9H2,1H3. The van der Waals surface area contributed by atoms with Crippen LogP contribution in [0.25, 0.3) is 0 Å². The van der Waals surface area contributed by atoms with Gasteiger partial charge in [-0.15, -0.1) is 0 Å². The zero-order valence-corrected chi connectivity index (χ0v) is 10.2. The van der Waals surface area contributed by atoms with Gasteiger partial charge in [0.15, 0.2) is 5.82 Å². The van der Waals surface area contributed by atoms with E-state index in [9.17, 15) is 4.39 Å². The van der Waals surface area contributed by atoms with Crippen LogP contribution in [-0.2, 0) is 0 Å². The van der Waals surface area contributed by atoms with Crippen LogP contribution in [0.2, 0.25) is 0 Å². The number of piperidine rings is 1. The molecule has 2 rings (SSSR count). The molecule has 1 unspecified atom stereocenters. The molecule has 0 saturated carbocycles. The number of anilines is 1. The number of halogens is 1. The SMILES string of the molecule is CCCN(c1ncc(F)cn1)C1CCCNC1. The van der Waals surface area contributed by atoms with E-state index in [0.29, 0.717) is 12.0 Å². The molecule has 1 fully saturated rings. The average molecular weight is 238 g/mol. The van der Waals surface area contributed by atoms with Crippen molar-refractivity contribution in [1.29, 1.82) is 0 Å². The molecule has 1 N–H and O–H groups in total. The van der Waals surface area contributed by atoms with E-state index in [1.165, 1.54) is 18.8 Å². The van der Waals surface area contributed by atoms with Gasteiger partial charge >= 0.3 is 0 Å². The highest BCUT2D eigenvalue weighted by Crippen LogP contribution is 2.16. The number of aromatic nitrogens is 2. The molecule has 94 valence electrons. The molecule has 1 atom stereocenters. The van der Waals surface area contributed by atoms with Gasteiger partial charge in [-0.05, 0) is 25.8 Å². The maximum absolute atomic E-state index is 12.8. The van der Waals surface area contributed by atoms with Crippen molar-refractivity contribution in [2.75, 3.05) is 24.5 Å². The quantitative estimate of drug-likeness (QED) is 0.864. The minimum absolute atomic E-state index is 0.382. The number of nitrogens with one attached hydrogen (secondary N) is 1. The molecule has 0 aromatic carbocycles. The van der Waals surface area contributed by atoms with E-state index in [1.54, 1.807) is 0 Å². The van der Waals surface area contributed by atoms with Crippen LogP contribution in [0.5, 0.6) is 0 Å². The van der Waals surface area contributed by atoms with Crippen LogP contribution in [0.3, 0.4) is 0 Å². The van der Waals surface area contributed by atoms with Crippen LogP contribution in [0.1, 0.15) is 26.2 Å². The van der Waals surface area contributed by atoms with Crippen molar-refractivity contribution in [2.45, 2.75) is 32.2 Å². The van der Waals surface area contributed by atoms with E-state index >= 15 is 0 Å². The zero-order valence-electron chi connectivity index (χ0n) is 10.2. The molecule has 1 saturated heterocycles. The fourth-order valence-electron chi connectivity index (χ4n) is 2.24. The predicted octanol–water partition coefficient (Wildman–Crippen LogP) is 1.58. The number of hydrogen-bond donors (Lipinski definition) is 1. The molecule has 0 bridgehead atoms. The van der Waals surface area contributed by atoms with Gasteiger partial charge in [0.2, 0.25) is 5.95 Å². The first-order valence-corrected chi connectivity index (χ1v) is 6.26. The fraction of sp³-hybridized carbons (Fsp3) is 0.667. The van der Waals surface area contributed by atoms with E-state index in [1.807, 2.05) is 0 Å². The van der Waals surface area contributed by atoms with Gasteiger partial charge in [0.1, 0.15) is 0 Å². The van der Waals surface area contributed by atoms with Gasteiger partial charge in [-0.3, -0.25) is 0 Å². The molecule has 1 aliphatic heterocycles. The Morgan fingerprint density at radius 1 is 1.47 bits per heavy atom. The molecule has 1 aliphatic rings. The van der Waals surface area contributed by atoms with Gasteiger partial charge in [0.25, 0.3) is 0 Å². The van der Waals surface area contributed by atoms with E-state index in [2.05, 4.69) is 27.1 Å². The summed E-state index contributed by atoms with van der Waals surface area (Å²) in [5.41, 5.74) is 0. The van der Waals surface area contributed by atoms with Crippen molar-refractivity contribution < 1.29 is 4.39 Å². The molecule has 17 heavy (non-hydrogen) atoms. The van der Waals surface area contributed by atoms with Crippen molar-refractivity contribution in [3.63, 3.8) is 0 Å². The topological polar surface area (TPSA) is 41.1 Å². The lowest BCUT2D eigenvalue weighted by molar-refractivity contribution is 0.426. The fourth-order valence-corrected chi connectivity index (χ4v) is 2.24. The molecule has 0 spiro atoms. The summed E-state index contributed by atoms with van der Waals surface area (Å²) in [6.07, 6.45) is 5.83. The van der Waals surface area contributed by atoms with E-state index in [4.69, 9.17) is 0 Å². The number of hydrogen-bond acceptors (Lipinski definition) is 4. The van der Waals surface area contributed by atoms with Crippen LogP contribution in [0.4, 0.5) is 10.3 Å². The molecular weight excluding hydrogens is 219 g/mol. The monoisotopic (exact) mass is 238 g/mol. The lowest BCUT2D eigenvalue weighted by Gasteiger charge is -2.34. The summed E-state index contributed by atoms with van der Waals surface area (Å²) in [5.74, 6) is 0.258. The first-order chi connectivity index (χ1) is 8.31. The Bertz CT molecular complexity index is 335. The maximum atomic E-state index is 12.8. The largest absolute Gasteiger partial charge is 0.337 e. The second-order valence-electron chi connectivity index (χ2n) is 4.39. The summed E-state index contributed by atoms with van der Waals surface area (Å²) in [7, 11) is 0. The van der Waals surface area contributed by atoms with Crippen LogP contribution >= 0.6 is 0 Å². The average Bonchev–Trinajstić information content (AvgIpc) is 2.38. The van der Waals surface area contributed by atoms with Gasteiger partial charge in [0.05, 0.1) is 12.4 Å². The summed E-state index contributed by atoms with van der Waals surface area (Å²) in [6, 6.07) is 0.425. The van der Waals surface area contributed by atoms with Crippen molar-refractivity contribution in [2.24, 2.45) is 0 Å². The van der Waals surface area contributed by atoms with Crippen LogP contribution in [-0.4, -0.2) is 35.6 Å². The highest BCUT2D eigenvalue weighted by Gasteiger charge is 2.22. The molecule has 1 aromatic heterocycles. The molecule has 0 amide bonds. The van der Waals surface area contributed by atoms with Gasteiger partial charge in [-0.1, -0.05) is 6.92 Å². The molecule has 2 heterocycles. The Balaban J connectivity index is 2.12. The second kappa shape index (κ2) is 5.91. The van der Waals surface area contributed by atoms with Gasteiger partial charge in [-0.2, -0.15) is 0 Å². The Hall–Kier alpha value is -1.23. The maximum Gasteiger partial charge on any atom is 0.225 e. The highest BCUT2D eigenvalue weighted by molar-refractivity contribution is 5.31. The van der Waals surface area contributed by atoms with Crippen molar-refractivity contribution in [3.05, 3.63) is 18.2 Å². The summed E-state index contributed by atoms with van der Waals surface area (Å²) in [5, 5.41) is 3.38. The summed E-state index contributed by atoms with van der Waals surface area (Å²) < 4.78 is 12.8. The third-order valence-electron chi connectivity index (χ3n) is 3.04. The van der Waals surface area contributed by atoms with Crippen LogP contribution < -0.4 is 10.2 Å². The van der Waals surface area contributed by atoms with Crippen molar-refractivity contribution in [3.8, 4) is 0 Å². The summed E-state index contributed by atoms with van der Waals surface area (Å²) in [6.45, 7) is 5.09. The zero-order chi connectivity index (χ0) is 12.1. The normalized spacial score (nSPS) is 20.2. The molecule has 0 aliphatic carbocycles. The second-order valence-corrected chi connectivity index (χ2v) is 4.39. The van der Waals surface area contributed by atoms with E-state index in [0.717, 1.165) is 32.5 Å². The lowest BCUT2D eigenvalue weighted by atomic mass is 10.1. The van der Waals surface area contributed by atoms with Crippen LogP contribution in [0, 0.1) is 5.82 Å². The first-order valence-electron chi connectivity index (χ1n) is 6.26. The van der Waals surface area contributed by atoms with E-state index in [-0.39, 0.29) is 5.82 Å². The van der Waals surface area contributed by atoms with Gasteiger partial charge < -0.3 is 10.2 Å². The Labute approximate surface area is 101 Å². The smallest absolute Gasteiger partial charge is 0.225 e. The van der Waals surface area contributed by atoms with Crippen molar-refractivity contribution in [1.82, 2.24) is 15.3 Å². The van der Waals surface area contributed by atoms with Gasteiger partial charge in [0, 0.05) is 19.1 Å². The number of rotatable bonds is 4. The molecule has 5 heteroatoms. The van der Waals surface area contributed by atoms with Gasteiger partial charge in [-0.25, -0.2) is 14.4 Å². The minimum atomic E-state index is -0.382. The predicted molar refractivity (Wildman–Crippen MR) is 65.5 cm³/mol. The number of nitrogens with zero attached hydrogens (tertiary/aromatic N) is 3. The van der Waals surface area contributed by atoms with Crippen molar-refractivity contribution >= 4 is 5.95 Å². The molecular formula is C12H19FN4. The van der Waals surface area contributed by atoms with Crippen LogP contribution in [0.15, 0.2) is 12.4 Å². The lowest BCUT2D eigenvalue weighted by Crippen LogP contribution is -2.47. The Kier molecular flexibility index (Phi) is 4.25. The summed E-state index contributed by atoms with van der Waals surface area (Å²) >= 11 is 0. The highest BCUT2D eigenvalue weighted by atomic mass is 19.1. The van der Waals surface area contributed by atoms with E-state index < -0.39 is 0 Å². The summed E-state index contributed by atoms with van der Waals surface area (Å²) in [4.78, 5) is 10.4. The third kappa shape index (κ3) is 3.12.